The predicted octanol–water partition coefficient (Wildman–Crippen LogP) is 2.38. The quantitative estimate of drug-likeness (QED) is 0.550. The van der Waals surface area contributed by atoms with E-state index in [1.165, 1.54) is 22.3 Å². The van der Waals surface area contributed by atoms with E-state index in [9.17, 15) is 4.79 Å². The lowest BCUT2D eigenvalue weighted by molar-refractivity contribution is 0.549. The molecule has 108 valence electrons. The molecule has 3 aromatic heterocycles. The van der Waals surface area contributed by atoms with Gasteiger partial charge in [-0.2, -0.15) is 9.78 Å². The molecule has 3 rings (SSSR count). The molecule has 21 heavy (non-hydrogen) atoms. The minimum absolute atomic E-state index is 0.205. The highest BCUT2D eigenvalue weighted by molar-refractivity contribution is 7.17. The molecule has 0 bridgehead atoms. The third kappa shape index (κ3) is 2.47. The summed E-state index contributed by atoms with van der Waals surface area (Å²) >= 11 is 1.42. The molecule has 3 aromatic rings. The predicted molar refractivity (Wildman–Crippen MR) is 83.9 cm³/mol. The maximum atomic E-state index is 12.6. The van der Waals surface area contributed by atoms with Crippen LogP contribution in [0.15, 0.2) is 38.2 Å². The van der Waals surface area contributed by atoms with Crippen LogP contribution < -0.4 is 5.56 Å². The van der Waals surface area contributed by atoms with Gasteiger partial charge in [0.1, 0.15) is 29.0 Å². The number of hydrogen-bond acceptors (Lipinski definition) is 5. The molecule has 0 N–H and O–H groups in total. The van der Waals surface area contributed by atoms with E-state index in [1.807, 2.05) is 38.5 Å². The lowest BCUT2D eigenvalue weighted by Crippen LogP contribution is -2.19. The number of thiophene rings is 1. The number of rotatable bonds is 3. The summed E-state index contributed by atoms with van der Waals surface area (Å²) in [6, 6.07) is 3.73. The van der Waals surface area contributed by atoms with Crippen LogP contribution in [0, 0.1) is 6.92 Å². The molecule has 0 saturated heterocycles. The van der Waals surface area contributed by atoms with Crippen molar-refractivity contribution in [1.29, 1.82) is 0 Å². The molecule has 0 spiro atoms. The lowest BCUT2D eigenvalue weighted by atomic mass is 10.2. The van der Waals surface area contributed by atoms with Gasteiger partial charge < -0.3 is 9.32 Å². The van der Waals surface area contributed by atoms with Crippen molar-refractivity contribution in [2.24, 2.45) is 5.10 Å². The third-order valence-electron chi connectivity index (χ3n) is 2.89. The number of furan rings is 1. The minimum atomic E-state index is -0.205. The number of aryl methyl sites for hydroxylation is 1. The summed E-state index contributed by atoms with van der Waals surface area (Å²) in [5.41, 5.74) is 0.554. The van der Waals surface area contributed by atoms with E-state index >= 15 is 0 Å². The fourth-order valence-corrected chi connectivity index (χ4v) is 2.81. The van der Waals surface area contributed by atoms with E-state index in [4.69, 9.17) is 4.42 Å². The van der Waals surface area contributed by atoms with Gasteiger partial charge in [0.2, 0.25) is 0 Å². The second-order valence-electron chi connectivity index (χ2n) is 4.83. The average molecular weight is 302 g/mol. The Morgan fingerprint density at radius 2 is 2.24 bits per heavy atom. The van der Waals surface area contributed by atoms with Crippen LogP contribution in [0.5, 0.6) is 0 Å². The highest BCUT2D eigenvalue weighted by Gasteiger charge is 2.15. The van der Waals surface area contributed by atoms with Crippen LogP contribution in [0.4, 0.5) is 0 Å². The Morgan fingerprint density at radius 1 is 1.43 bits per heavy atom. The first-order valence-corrected chi connectivity index (χ1v) is 7.21. The van der Waals surface area contributed by atoms with E-state index < -0.39 is 0 Å². The average Bonchev–Trinajstić information content (AvgIpc) is 3.04. The van der Waals surface area contributed by atoms with Gasteiger partial charge in [-0.25, -0.2) is 4.98 Å². The van der Waals surface area contributed by atoms with Crippen LogP contribution in [-0.4, -0.2) is 35.0 Å². The summed E-state index contributed by atoms with van der Waals surface area (Å²) in [5.74, 6) is 1.48. The first kappa shape index (κ1) is 13.6. The Bertz CT molecular complexity index is 873. The molecule has 0 radical (unpaired) electrons. The van der Waals surface area contributed by atoms with Gasteiger partial charge in [0.25, 0.3) is 5.56 Å². The highest BCUT2D eigenvalue weighted by atomic mass is 32.1. The van der Waals surface area contributed by atoms with Gasteiger partial charge >= 0.3 is 0 Å². The van der Waals surface area contributed by atoms with Crippen molar-refractivity contribution < 1.29 is 4.42 Å². The second-order valence-corrected chi connectivity index (χ2v) is 5.69. The molecule has 0 aromatic carbocycles. The molecular formula is C14H14N4O2S. The molecule has 0 atom stereocenters. The van der Waals surface area contributed by atoms with Crippen molar-refractivity contribution in [2.45, 2.75) is 6.92 Å². The van der Waals surface area contributed by atoms with Gasteiger partial charge in [0.15, 0.2) is 0 Å². The molecule has 0 unspecified atom stereocenters. The zero-order valence-electron chi connectivity index (χ0n) is 11.9. The summed E-state index contributed by atoms with van der Waals surface area (Å²) in [5, 5.41) is 6.51. The van der Waals surface area contributed by atoms with Crippen molar-refractivity contribution in [3.63, 3.8) is 0 Å². The molecule has 0 aliphatic rings. The summed E-state index contributed by atoms with van der Waals surface area (Å²) in [6.07, 6.45) is 2.98. The Hall–Kier alpha value is -2.41. The minimum Gasteiger partial charge on any atom is -0.461 e. The molecule has 0 fully saturated rings. The normalized spacial score (nSPS) is 11.6. The van der Waals surface area contributed by atoms with Crippen molar-refractivity contribution in [1.82, 2.24) is 14.6 Å². The highest BCUT2D eigenvalue weighted by Crippen LogP contribution is 2.31. The lowest BCUT2D eigenvalue weighted by Gasteiger charge is -2.03. The first-order chi connectivity index (χ1) is 10.1. The van der Waals surface area contributed by atoms with Crippen LogP contribution in [0.25, 0.3) is 21.5 Å². The third-order valence-corrected chi connectivity index (χ3v) is 3.78. The summed E-state index contributed by atoms with van der Waals surface area (Å²) in [4.78, 5) is 19.3. The molecule has 6 nitrogen and oxygen atoms in total. The van der Waals surface area contributed by atoms with E-state index in [0.29, 0.717) is 16.0 Å². The maximum Gasteiger partial charge on any atom is 0.283 e. The molecule has 0 amide bonds. The largest absolute Gasteiger partial charge is 0.461 e. The zero-order valence-corrected chi connectivity index (χ0v) is 12.7. The van der Waals surface area contributed by atoms with Crippen molar-refractivity contribution in [3.8, 4) is 11.3 Å². The molecule has 0 aliphatic carbocycles. The molecular weight excluding hydrogens is 288 g/mol. The van der Waals surface area contributed by atoms with Crippen molar-refractivity contribution >= 4 is 27.9 Å². The fourth-order valence-electron chi connectivity index (χ4n) is 1.93. The zero-order chi connectivity index (χ0) is 15.0. The number of hydrogen-bond donors (Lipinski definition) is 0. The van der Waals surface area contributed by atoms with Gasteiger partial charge in [-0.3, -0.25) is 4.79 Å². The SMILES string of the molecule is Cc1ccc(-c2csc3ncn(N=CN(C)C)c(=O)c23)o1. The van der Waals surface area contributed by atoms with E-state index in [2.05, 4.69) is 10.1 Å². The van der Waals surface area contributed by atoms with Gasteiger partial charge in [-0.05, 0) is 19.1 Å². The van der Waals surface area contributed by atoms with E-state index in [0.717, 1.165) is 11.3 Å². The maximum absolute atomic E-state index is 12.6. The molecule has 3 heterocycles. The summed E-state index contributed by atoms with van der Waals surface area (Å²) < 4.78 is 6.84. The van der Waals surface area contributed by atoms with Crippen molar-refractivity contribution in [2.75, 3.05) is 14.1 Å². The fraction of sp³-hybridized carbons (Fsp3) is 0.214. The van der Waals surface area contributed by atoms with E-state index in [-0.39, 0.29) is 5.56 Å². The Morgan fingerprint density at radius 3 is 2.90 bits per heavy atom. The standard InChI is InChI=1S/C14H14N4O2S/c1-9-4-5-11(20-9)10-6-21-13-12(10)14(19)18(7-15-13)16-8-17(2)3/h4-8H,1-3H3. The Balaban J connectivity index is 2.20. The van der Waals surface area contributed by atoms with Crippen LogP contribution in [-0.2, 0) is 0 Å². The second kappa shape index (κ2) is 5.17. The van der Waals surface area contributed by atoms with Crippen molar-refractivity contribution in [3.05, 3.63) is 40.0 Å². The smallest absolute Gasteiger partial charge is 0.283 e. The number of nitrogens with zero attached hydrogens (tertiary/aromatic N) is 4. The van der Waals surface area contributed by atoms with Gasteiger partial charge in [-0.15, -0.1) is 11.3 Å². The van der Waals surface area contributed by atoms with Gasteiger partial charge in [0.05, 0.1) is 5.39 Å². The topological polar surface area (TPSA) is 63.6 Å². The molecule has 7 heteroatoms. The van der Waals surface area contributed by atoms with Crippen LogP contribution >= 0.6 is 11.3 Å². The Labute approximate surface area is 125 Å². The number of aromatic nitrogens is 2. The number of fused-ring (bicyclic) bond motifs is 1. The van der Waals surface area contributed by atoms with Crippen LogP contribution in [0.3, 0.4) is 0 Å². The van der Waals surface area contributed by atoms with Crippen LogP contribution in [0.2, 0.25) is 0 Å². The Kier molecular flexibility index (Phi) is 3.34. The van der Waals surface area contributed by atoms with Gasteiger partial charge in [0, 0.05) is 25.0 Å². The first-order valence-electron chi connectivity index (χ1n) is 6.33. The summed E-state index contributed by atoms with van der Waals surface area (Å²) in [7, 11) is 3.67. The summed E-state index contributed by atoms with van der Waals surface area (Å²) in [6.45, 7) is 1.87. The van der Waals surface area contributed by atoms with Gasteiger partial charge in [-0.1, -0.05) is 0 Å². The molecule has 0 aliphatic heterocycles. The van der Waals surface area contributed by atoms with E-state index in [1.54, 1.807) is 11.2 Å². The molecule has 0 saturated carbocycles. The monoisotopic (exact) mass is 302 g/mol. The van der Waals surface area contributed by atoms with Crippen LogP contribution in [0.1, 0.15) is 5.76 Å².